The lowest BCUT2D eigenvalue weighted by Crippen LogP contribution is -1.94. The van der Waals surface area contributed by atoms with Crippen LogP contribution in [0.15, 0.2) is 40.9 Å². The largest absolute Gasteiger partial charge is 0.449 e. The van der Waals surface area contributed by atoms with Crippen molar-refractivity contribution in [2.24, 2.45) is 0 Å². The third kappa shape index (κ3) is 3.50. The minimum atomic E-state index is -0.508. The molecule has 0 atom stereocenters. The summed E-state index contributed by atoms with van der Waals surface area (Å²) < 4.78 is 6.31. The smallest absolute Gasteiger partial charge is 0.311 e. The number of rotatable bonds is 4. The van der Waals surface area contributed by atoms with Gasteiger partial charge in [-0.15, -0.1) is 0 Å². The summed E-state index contributed by atoms with van der Waals surface area (Å²) in [6.07, 6.45) is 0. The maximum Gasteiger partial charge on any atom is 0.311 e. The molecular formula is C13H8Br2ClNO3. The van der Waals surface area contributed by atoms with Crippen LogP contribution in [0.3, 0.4) is 0 Å². The van der Waals surface area contributed by atoms with Gasteiger partial charge in [0.2, 0.25) is 5.75 Å². The molecule has 4 nitrogen and oxygen atoms in total. The van der Waals surface area contributed by atoms with Crippen LogP contribution in [0.4, 0.5) is 5.69 Å². The van der Waals surface area contributed by atoms with Crippen molar-refractivity contribution >= 4 is 49.1 Å². The fourth-order valence-electron chi connectivity index (χ4n) is 1.55. The van der Waals surface area contributed by atoms with E-state index < -0.39 is 4.92 Å². The Labute approximate surface area is 137 Å². The van der Waals surface area contributed by atoms with Gasteiger partial charge in [0.05, 0.1) is 9.40 Å². The number of hydrogen-bond acceptors (Lipinski definition) is 3. The molecule has 0 N–H and O–H groups in total. The molecule has 0 aliphatic carbocycles. The normalized spacial score (nSPS) is 10.3. The summed E-state index contributed by atoms with van der Waals surface area (Å²) in [6, 6.07) is 9.68. The van der Waals surface area contributed by atoms with Crippen LogP contribution >= 0.6 is 43.5 Å². The Morgan fingerprint density at radius 2 is 1.95 bits per heavy atom. The zero-order valence-corrected chi connectivity index (χ0v) is 13.9. The lowest BCUT2D eigenvalue weighted by molar-refractivity contribution is -0.385. The van der Waals surface area contributed by atoms with E-state index in [-0.39, 0.29) is 11.4 Å². The molecule has 0 aromatic heterocycles. The molecule has 0 heterocycles. The van der Waals surface area contributed by atoms with E-state index in [1.807, 2.05) is 12.1 Å². The highest BCUT2D eigenvalue weighted by Crippen LogP contribution is 2.37. The molecule has 0 amide bonds. The number of nitro groups is 1. The lowest BCUT2D eigenvalue weighted by Gasteiger charge is -2.09. The van der Waals surface area contributed by atoms with Crippen molar-refractivity contribution in [3.63, 3.8) is 0 Å². The van der Waals surface area contributed by atoms with Gasteiger partial charge >= 0.3 is 5.69 Å². The van der Waals surface area contributed by atoms with Crippen LogP contribution < -0.4 is 4.74 Å². The van der Waals surface area contributed by atoms with E-state index in [2.05, 4.69) is 31.9 Å². The molecular weight excluding hydrogens is 413 g/mol. The second-order valence-corrected chi connectivity index (χ2v) is 5.72. The summed E-state index contributed by atoms with van der Waals surface area (Å²) in [5, 5.41) is 12.1. The average Bonchev–Trinajstić information content (AvgIpc) is 2.40. The number of benzene rings is 2. The van der Waals surface area contributed by atoms with Gasteiger partial charge in [-0.3, -0.25) is 10.1 Å². The molecule has 20 heavy (non-hydrogen) atoms. The molecule has 0 unspecified atom stereocenters. The van der Waals surface area contributed by atoms with E-state index in [9.17, 15) is 10.1 Å². The van der Waals surface area contributed by atoms with E-state index >= 15 is 0 Å². The number of nitro benzene ring substituents is 1. The zero-order valence-electron chi connectivity index (χ0n) is 9.98. The first-order chi connectivity index (χ1) is 9.51. The summed E-state index contributed by atoms with van der Waals surface area (Å²) in [4.78, 5) is 10.5. The predicted octanol–water partition coefficient (Wildman–Crippen LogP) is 5.70. The quantitative estimate of drug-likeness (QED) is 0.362. The number of ether oxygens (including phenoxy) is 1. The fourth-order valence-corrected chi connectivity index (χ4v) is 2.57. The molecule has 7 heteroatoms. The average molecular weight is 421 g/mol. The van der Waals surface area contributed by atoms with Gasteiger partial charge in [-0.1, -0.05) is 33.6 Å². The molecule has 2 aromatic rings. The first-order valence-electron chi connectivity index (χ1n) is 5.47. The maximum atomic E-state index is 11.0. The highest BCUT2D eigenvalue weighted by molar-refractivity contribution is 9.10. The molecule has 0 bridgehead atoms. The summed E-state index contributed by atoms with van der Waals surface area (Å²) in [5.41, 5.74) is 0.927. The number of hydrogen-bond donors (Lipinski definition) is 0. The molecule has 0 aliphatic rings. The Hall–Kier alpha value is -1.11. The van der Waals surface area contributed by atoms with Gasteiger partial charge in [-0.05, 0) is 39.7 Å². The maximum absolute atomic E-state index is 11.0. The standard InChI is InChI=1S/C13H8Br2ClNO3/c14-7-8-1-4-12(10(15)5-8)20-13-6-9(16)2-3-11(13)17(18)19/h1-6H,7H2. The Balaban J connectivity index is 2.39. The zero-order chi connectivity index (χ0) is 14.7. The summed E-state index contributed by atoms with van der Waals surface area (Å²) in [7, 11) is 0. The van der Waals surface area contributed by atoms with Gasteiger partial charge in [0, 0.05) is 22.5 Å². The molecule has 0 fully saturated rings. The van der Waals surface area contributed by atoms with Gasteiger partial charge in [0.25, 0.3) is 0 Å². The molecule has 104 valence electrons. The first kappa shape index (κ1) is 15.3. The minimum absolute atomic E-state index is 0.106. The summed E-state index contributed by atoms with van der Waals surface area (Å²) in [6.45, 7) is 0. The molecule has 0 spiro atoms. The van der Waals surface area contributed by atoms with E-state index in [1.54, 1.807) is 6.07 Å². The van der Waals surface area contributed by atoms with Gasteiger partial charge in [-0.2, -0.15) is 0 Å². The van der Waals surface area contributed by atoms with Crippen molar-refractivity contribution < 1.29 is 9.66 Å². The van der Waals surface area contributed by atoms with Gasteiger partial charge < -0.3 is 4.74 Å². The molecule has 0 aliphatic heterocycles. The molecule has 2 rings (SSSR count). The highest BCUT2D eigenvalue weighted by atomic mass is 79.9. The van der Waals surface area contributed by atoms with E-state index in [0.717, 1.165) is 5.56 Å². The monoisotopic (exact) mass is 419 g/mol. The van der Waals surface area contributed by atoms with Crippen molar-refractivity contribution in [1.82, 2.24) is 0 Å². The van der Waals surface area contributed by atoms with Crippen LogP contribution in [-0.2, 0) is 5.33 Å². The van der Waals surface area contributed by atoms with Crippen molar-refractivity contribution in [1.29, 1.82) is 0 Å². The van der Waals surface area contributed by atoms with Crippen LogP contribution in [0.25, 0.3) is 0 Å². The molecule has 0 saturated carbocycles. The van der Waals surface area contributed by atoms with E-state index in [0.29, 0.717) is 20.6 Å². The predicted molar refractivity (Wildman–Crippen MR) is 85.0 cm³/mol. The molecule has 0 radical (unpaired) electrons. The van der Waals surface area contributed by atoms with Gasteiger partial charge in [0.1, 0.15) is 5.75 Å². The number of nitrogens with zero attached hydrogens (tertiary/aromatic N) is 1. The van der Waals surface area contributed by atoms with Crippen molar-refractivity contribution in [2.75, 3.05) is 0 Å². The van der Waals surface area contributed by atoms with Crippen LogP contribution in [0, 0.1) is 10.1 Å². The SMILES string of the molecule is O=[N+]([O-])c1ccc(Cl)cc1Oc1ccc(CBr)cc1Br. The Bertz CT molecular complexity index is 664. The van der Waals surface area contributed by atoms with Gasteiger partial charge in [0.15, 0.2) is 0 Å². The highest BCUT2D eigenvalue weighted by Gasteiger charge is 2.17. The number of halogens is 3. The first-order valence-corrected chi connectivity index (χ1v) is 7.76. The summed E-state index contributed by atoms with van der Waals surface area (Å²) >= 11 is 12.6. The van der Waals surface area contributed by atoms with Crippen LogP contribution in [-0.4, -0.2) is 4.92 Å². The minimum Gasteiger partial charge on any atom is -0.449 e. The molecule has 0 saturated heterocycles. The van der Waals surface area contributed by atoms with E-state index in [1.165, 1.54) is 18.2 Å². The Morgan fingerprint density at radius 1 is 1.20 bits per heavy atom. The van der Waals surface area contributed by atoms with Crippen molar-refractivity contribution in [3.8, 4) is 11.5 Å². The third-order valence-electron chi connectivity index (χ3n) is 2.49. The Kier molecular flexibility index (Phi) is 5.01. The second kappa shape index (κ2) is 6.56. The lowest BCUT2D eigenvalue weighted by atomic mass is 10.2. The van der Waals surface area contributed by atoms with E-state index in [4.69, 9.17) is 16.3 Å². The van der Waals surface area contributed by atoms with Gasteiger partial charge in [-0.25, -0.2) is 0 Å². The van der Waals surface area contributed by atoms with Crippen molar-refractivity contribution in [3.05, 3.63) is 61.6 Å². The van der Waals surface area contributed by atoms with Crippen LogP contribution in [0.2, 0.25) is 5.02 Å². The Morgan fingerprint density at radius 3 is 2.55 bits per heavy atom. The fraction of sp³-hybridized carbons (Fsp3) is 0.0769. The van der Waals surface area contributed by atoms with Crippen LogP contribution in [0.5, 0.6) is 11.5 Å². The third-order valence-corrected chi connectivity index (χ3v) is 3.99. The second-order valence-electron chi connectivity index (χ2n) is 3.87. The van der Waals surface area contributed by atoms with Crippen LogP contribution in [0.1, 0.15) is 5.56 Å². The topological polar surface area (TPSA) is 52.4 Å². The molecule has 2 aromatic carbocycles. The summed E-state index contributed by atoms with van der Waals surface area (Å²) in [5.74, 6) is 0.592. The van der Waals surface area contributed by atoms with Crippen molar-refractivity contribution in [2.45, 2.75) is 5.33 Å². The number of alkyl halides is 1.